The summed E-state index contributed by atoms with van der Waals surface area (Å²) in [6, 6.07) is 13.9. The Balaban J connectivity index is 2.04. The van der Waals surface area contributed by atoms with Crippen molar-refractivity contribution in [3.8, 4) is 5.88 Å². The molecule has 0 fully saturated rings. The second-order valence-corrected chi connectivity index (χ2v) is 11.1. The van der Waals surface area contributed by atoms with Crippen LogP contribution in [0.5, 0.6) is 5.88 Å². The van der Waals surface area contributed by atoms with Crippen LogP contribution in [-0.4, -0.2) is 37.8 Å². The number of ether oxygens (including phenoxy) is 2. The smallest absolute Gasteiger partial charge is 0.416 e. The fourth-order valence-electron chi connectivity index (χ4n) is 4.49. The van der Waals surface area contributed by atoms with Gasteiger partial charge in [0.15, 0.2) is 9.84 Å². The van der Waals surface area contributed by atoms with E-state index in [-0.39, 0.29) is 45.5 Å². The first-order valence-corrected chi connectivity index (χ1v) is 13.9. The topological polar surface area (TPSA) is 94.6 Å². The van der Waals surface area contributed by atoms with E-state index < -0.39 is 45.3 Å². The molecule has 206 valence electrons. The molecule has 39 heavy (non-hydrogen) atoms. The van der Waals surface area contributed by atoms with Crippen molar-refractivity contribution in [2.75, 3.05) is 17.7 Å². The van der Waals surface area contributed by atoms with Crippen LogP contribution in [0.15, 0.2) is 83.0 Å². The SMILES string of the molecule is CCOC(=O)C1=C(CS(=O)(=O)c2ccccc2)Nc2ccnc(OC(C)C)c2C1c1ccccc1C(F)(F)F. The average Bonchev–Trinajstić information content (AvgIpc) is 2.87. The van der Waals surface area contributed by atoms with E-state index in [9.17, 15) is 26.4 Å². The number of alkyl halides is 3. The third kappa shape index (κ3) is 5.93. The Hall–Kier alpha value is -3.86. The summed E-state index contributed by atoms with van der Waals surface area (Å²) in [6.07, 6.45) is -3.76. The summed E-state index contributed by atoms with van der Waals surface area (Å²) in [6.45, 7) is 4.94. The number of anilines is 1. The maximum Gasteiger partial charge on any atom is 0.416 e. The molecule has 0 spiro atoms. The van der Waals surface area contributed by atoms with Crippen molar-refractivity contribution >= 4 is 21.5 Å². The molecule has 0 saturated carbocycles. The number of nitrogens with zero attached hydrogens (tertiary/aromatic N) is 1. The van der Waals surface area contributed by atoms with Crippen molar-refractivity contribution in [3.63, 3.8) is 0 Å². The van der Waals surface area contributed by atoms with Crippen LogP contribution >= 0.6 is 0 Å². The van der Waals surface area contributed by atoms with Crippen LogP contribution in [0.3, 0.4) is 0 Å². The van der Waals surface area contributed by atoms with E-state index in [1.54, 1.807) is 39.0 Å². The minimum atomic E-state index is -4.76. The molecule has 11 heteroatoms. The van der Waals surface area contributed by atoms with Gasteiger partial charge in [-0.3, -0.25) is 0 Å². The van der Waals surface area contributed by atoms with Gasteiger partial charge in [0.1, 0.15) is 0 Å². The van der Waals surface area contributed by atoms with Gasteiger partial charge >= 0.3 is 12.1 Å². The maximum absolute atomic E-state index is 14.3. The molecule has 0 saturated heterocycles. The normalized spacial score (nSPS) is 15.5. The summed E-state index contributed by atoms with van der Waals surface area (Å²) in [5, 5.41) is 2.98. The van der Waals surface area contributed by atoms with Crippen LogP contribution in [-0.2, 0) is 25.5 Å². The van der Waals surface area contributed by atoms with Crippen molar-refractivity contribution in [3.05, 3.63) is 94.8 Å². The molecule has 1 N–H and O–H groups in total. The highest BCUT2D eigenvalue weighted by Crippen LogP contribution is 2.49. The number of nitrogens with one attached hydrogen (secondary N) is 1. The minimum Gasteiger partial charge on any atom is -0.475 e. The Morgan fingerprint density at radius 3 is 2.36 bits per heavy atom. The Morgan fingerprint density at radius 1 is 1.05 bits per heavy atom. The van der Waals surface area contributed by atoms with Gasteiger partial charge in [0.25, 0.3) is 0 Å². The lowest BCUT2D eigenvalue weighted by atomic mass is 9.79. The van der Waals surface area contributed by atoms with E-state index >= 15 is 0 Å². The van der Waals surface area contributed by atoms with E-state index in [1.165, 1.54) is 42.6 Å². The van der Waals surface area contributed by atoms with Crippen LogP contribution in [0.1, 0.15) is 43.4 Å². The summed E-state index contributed by atoms with van der Waals surface area (Å²) in [5.41, 5.74) is -1.14. The second-order valence-electron chi connectivity index (χ2n) is 9.07. The lowest BCUT2D eigenvalue weighted by molar-refractivity contribution is -0.140. The number of hydrogen-bond donors (Lipinski definition) is 1. The summed E-state index contributed by atoms with van der Waals surface area (Å²) in [7, 11) is -4.01. The number of esters is 1. The van der Waals surface area contributed by atoms with Crippen molar-refractivity contribution in [2.24, 2.45) is 0 Å². The summed E-state index contributed by atoms with van der Waals surface area (Å²) in [4.78, 5) is 17.7. The molecule has 0 amide bonds. The van der Waals surface area contributed by atoms with Gasteiger partial charge < -0.3 is 14.8 Å². The van der Waals surface area contributed by atoms with Crippen molar-refractivity contribution in [2.45, 2.75) is 43.9 Å². The van der Waals surface area contributed by atoms with Crippen LogP contribution in [0.25, 0.3) is 0 Å². The first-order chi connectivity index (χ1) is 18.4. The molecule has 1 atom stereocenters. The van der Waals surface area contributed by atoms with Gasteiger partial charge in [-0.2, -0.15) is 13.2 Å². The number of sulfone groups is 1. The number of pyridine rings is 1. The zero-order valence-electron chi connectivity index (χ0n) is 21.5. The van der Waals surface area contributed by atoms with E-state index in [1.807, 2.05) is 0 Å². The monoisotopic (exact) mass is 560 g/mol. The van der Waals surface area contributed by atoms with Gasteiger partial charge in [-0.25, -0.2) is 18.2 Å². The highest BCUT2D eigenvalue weighted by atomic mass is 32.2. The molecule has 0 bridgehead atoms. The van der Waals surface area contributed by atoms with E-state index in [2.05, 4.69) is 10.3 Å². The van der Waals surface area contributed by atoms with Crippen molar-refractivity contribution in [1.29, 1.82) is 0 Å². The molecule has 3 aromatic rings. The number of aromatic nitrogens is 1. The Labute approximate surface area is 224 Å². The highest BCUT2D eigenvalue weighted by molar-refractivity contribution is 7.91. The zero-order chi connectivity index (χ0) is 28.4. The average molecular weight is 561 g/mol. The molecule has 4 rings (SSSR count). The second kappa shape index (κ2) is 11.1. The van der Waals surface area contributed by atoms with Gasteiger partial charge in [-0.05, 0) is 50.6 Å². The van der Waals surface area contributed by atoms with Gasteiger partial charge in [0, 0.05) is 23.1 Å². The molecule has 7 nitrogen and oxygen atoms in total. The highest BCUT2D eigenvalue weighted by Gasteiger charge is 2.43. The molecule has 1 aliphatic heterocycles. The summed E-state index contributed by atoms with van der Waals surface area (Å²) >= 11 is 0. The molecule has 2 aromatic carbocycles. The first kappa shape index (κ1) is 28.2. The number of carbonyl (C=O) groups excluding carboxylic acids is 1. The fraction of sp³-hybridized carbons (Fsp3) is 0.286. The van der Waals surface area contributed by atoms with Gasteiger partial charge in [-0.1, -0.05) is 36.4 Å². The third-order valence-electron chi connectivity index (χ3n) is 6.00. The van der Waals surface area contributed by atoms with Gasteiger partial charge in [0.05, 0.1) is 40.4 Å². The summed E-state index contributed by atoms with van der Waals surface area (Å²) in [5.74, 6) is -3.00. The molecule has 1 aliphatic rings. The molecule has 2 heterocycles. The Bertz CT molecular complexity index is 1500. The number of hydrogen-bond acceptors (Lipinski definition) is 7. The Kier molecular flexibility index (Phi) is 8.01. The van der Waals surface area contributed by atoms with Crippen LogP contribution in [0, 0.1) is 0 Å². The van der Waals surface area contributed by atoms with Gasteiger partial charge in [-0.15, -0.1) is 0 Å². The largest absolute Gasteiger partial charge is 0.475 e. The first-order valence-electron chi connectivity index (χ1n) is 12.2. The molecule has 1 aromatic heterocycles. The standard InChI is InChI=1S/C28H27F3N2O5S/c1-4-37-27(34)25-22(16-39(35,36)18-10-6-5-7-11-18)33-21-14-15-32-26(38-17(2)3)24(21)23(25)19-12-8-9-13-20(19)28(29,30)31/h5-15,17,23,33H,4,16H2,1-3H3. The quantitative estimate of drug-likeness (QED) is 0.351. The van der Waals surface area contributed by atoms with E-state index in [4.69, 9.17) is 9.47 Å². The maximum atomic E-state index is 14.3. The molecular formula is C28H27F3N2O5S. The minimum absolute atomic E-state index is 0.000828. The lowest BCUT2D eigenvalue weighted by Crippen LogP contribution is -2.30. The molecule has 1 unspecified atom stereocenters. The van der Waals surface area contributed by atoms with Crippen molar-refractivity contribution < 1.29 is 35.9 Å². The fourth-order valence-corrected chi connectivity index (χ4v) is 5.84. The van der Waals surface area contributed by atoms with E-state index in [0.29, 0.717) is 0 Å². The summed E-state index contributed by atoms with van der Waals surface area (Å²) < 4.78 is 80.7. The predicted octanol–water partition coefficient (Wildman–Crippen LogP) is 5.74. The number of fused-ring (bicyclic) bond motifs is 1. The van der Waals surface area contributed by atoms with Crippen LogP contribution in [0.2, 0.25) is 0 Å². The van der Waals surface area contributed by atoms with Crippen LogP contribution in [0.4, 0.5) is 18.9 Å². The molecule has 0 radical (unpaired) electrons. The van der Waals surface area contributed by atoms with Gasteiger partial charge in [0.2, 0.25) is 5.88 Å². The zero-order valence-corrected chi connectivity index (χ0v) is 22.3. The molecular weight excluding hydrogens is 533 g/mol. The number of carbonyl (C=O) groups is 1. The number of rotatable bonds is 8. The molecule has 0 aliphatic carbocycles. The third-order valence-corrected chi connectivity index (χ3v) is 7.66. The van der Waals surface area contributed by atoms with E-state index in [0.717, 1.165) is 6.07 Å². The number of halogens is 3. The van der Waals surface area contributed by atoms with Crippen LogP contribution < -0.4 is 10.1 Å². The number of benzene rings is 2. The predicted molar refractivity (Wildman–Crippen MR) is 139 cm³/mol. The van der Waals surface area contributed by atoms with Crippen molar-refractivity contribution in [1.82, 2.24) is 4.98 Å². The Morgan fingerprint density at radius 2 is 1.72 bits per heavy atom. The lowest BCUT2D eigenvalue weighted by Gasteiger charge is -2.33.